The minimum absolute atomic E-state index is 0.352. The third kappa shape index (κ3) is 2.76. The average Bonchev–Trinajstić information content (AvgIpc) is 2.92. The Morgan fingerprint density at radius 1 is 1.26 bits per heavy atom. The molecule has 0 bridgehead atoms. The van der Waals surface area contributed by atoms with Gasteiger partial charge in [0.1, 0.15) is 11.3 Å². The number of fused-ring (bicyclic) bond motifs is 1. The summed E-state index contributed by atoms with van der Waals surface area (Å²) in [5.74, 6) is 1.02. The zero-order valence-corrected chi connectivity index (χ0v) is 13.3. The second kappa shape index (κ2) is 6.14. The number of aryl methyl sites for hydroxylation is 1. The van der Waals surface area contributed by atoms with E-state index in [4.69, 9.17) is 4.42 Å². The van der Waals surface area contributed by atoms with Crippen molar-refractivity contribution in [3.05, 3.63) is 65.7 Å². The molecule has 1 atom stereocenters. The first-order valence-electron chi connectivity index (χ1n) is 8.14. The Morgan fingerprint density at radius 3 is 3.04 bits per heavy atom. The number of furan rings is 1. The monoisotopic (exact) mass is 307 g/mol. The first kappa shape index (κ1) is 14.4. The summed E-state index contributed by atoms with van der Waals surface area (Å²) in [5.41, 5.74) is 3.55. The van der Waals surface area contributed by atoms with Gasteiger partial charge in [0.2, 0.25) is 0 Å². The average molecular weight is 307 g/mol. The van der Waals surface area contributed by atoms with Crippen molar-refractivity contribution >= 4 is 11.0 Å². The molecule has 3 aromatic rings. The van der Waals surface area contributed by atoms with Gasteiger partial charge in [0.15, 0.2) is 0 Å². The molecule has 2 aromatic heterocycles. The Bertz CT molecular complexity index is 797. The van der Waals surface area contributed by atoms with Crippen LogP contribution in [0.2, 0.25) is 0 Å². The predicted molar refractivity (Wildman–Crippen MR) is 91.2 cm³/mol. The van der Waals surface area contributed by atoms with E-state index >= 15 is 0 Å². The fraction of sp³-hybridized carbons (Fsp3) is 0.316. The van der Waals surface area contributed by atoms with Crippen molar-refractivity contribution in [2.45, 2.75) is 19.5 Å². The summed E-state index contributed by atoms with van der Waals surface area (Å²) in [6.45, 7) is 5.98. The summed E-state index contributed by atoms with van der Waals surface area (Å²) < 4.78 is 5.93. The third-order valence-corrected chi connectivity index (χ3v) is 4.68. The summed E-state index contributed by atoms with van der Waals surface area (Å²) in [7, 11) is 0. The molecule has 0 spiro atoms. The second-order valence-electron chi connectivity index (χ2n) is 6.11. The minimum Gasteiger partial charge on any atom is -0.461 e. The van der Waals surface area contributed by atoms with Crippen LogP contribution >= 0.6 is 0 Å². The van der Waals surface area contributed by atoms with E-state index in [0.717, 1.165) is 37.5 Å². The van der Waals surface area contributed by atoms with Crippen LogP contribution in [0.5, 0.6) is 0 Å². The molecule has 1 saturated heterocycles. The van der Waals surface area contributed by atoms with Crippen LogP contribution in [-0.4, -0.2) is 29.5 Å². The van der Waals surface area contributed by atoms with Gasteiger partial charge in [-0.15, -0.1) is 0 Å². The lowest BCUT2D eigenvalue weighted by Gasteiger charge is -2.36. The van der Waals surface area contributed by atoms with Gasteiger partial charge in [0.25, 0.3) is 0 Å². The Morgan fingerprint density at radius 2 is 2.17 bits per heavy atom. The van der Waals surface area contributed by atoms with Crippen molar-refractivity contribution in [1.82, 2.24) is 15.2 Å². The number of rotatable bonds is 3. The van der Waals surface area contributed by atoms with Crippen molar-refractivity contribution in [3.8, 4) is 0 Å². The number of hydrogen-bond acceptors (Lipinski definition) is 4. The molecule has 0 aliphatic carbocycles. The lowest BCUT2D eigenvalue weighted by molar-refractivity contribution is 0.153. The zero-order valence-electron chi connectivity index (χ0n) is 13.3. The number of aromatic nitrogens is 1. The highest BCUT2D eigenvalue weighted by atomic mass is 16.3. The summed E-state index contributed by atoms with van der Waals surface area (Å²) in [6.07, 6.45) is 3.81. The lowest BCUT2D eigenvalue weighted by atomic mass is 10.0. The molecule has 4 heteroatoms. The van der Waals surface area contributed by atoms with Crippen molar-refractivity contribution in [1.29, 1.82) is 0 Å². The van der Waals surface area contributed by atoms with Gasteiger partial charge in [-0.1, -0.05) is 24.3 Å². The fourth-order valence-corrected chi connectivity index (χ4v) is 3.46. The van der Waals surface area contributed by atoms with Gasteiger partial charge in [0.05, 0.1) is 0 Å². The molecule has 3 heterocycles. The standard InChI is InChI=1S/C19H21N3O/c1-14-17(16-6-2-3-7-19(16)23-14)13-22-10-9-21-12-18(22)15-5-4-8-20-11-15/h2-8,11,18,21H,9-10,12-13H2,1H3. The number of pyridine rings is 1. The SMILES string of the molecule is Cc1oc2ccccc2c1CN1CCNCC1c1cccnc1. The summed E-state index contributed by atoms with van der Waals surface area (Å²) in [4.78, 5) is 6.81. The number of hydrogen-bond donors (Lipinski definition) is 1. The smallest absolute Gasteiger partial charge is 0.134 e. The number of nitrogens with zero attached hydrogens (tertiary/aromatic N) is 2. The van der Waals surface area contributed by atoms with E-state index in [-0.39, 0.29) is 0 Å². The van der Waals surface area contributed by atoms with Crippen molar-refractivity contribution in [2.24, 2.45) is 0 Å². The molecule has 0 saturated carbocycles. The fourth-order valence-electron chi connectivity index (χ4n) is 3.46. The number of benzene rings is 1. The van der Waals surface area contributed by atoms with Crippen molar-refractivity contribution < 1.29 is 4.42 Å². The normalized spacial score (nSPS) is 19.3. The van der Waals surface area contributed by atoms with E-state index in [1.807, 2.05) is 30.6 Å². The summed E-state index contributed by atoms with van der Waals surface area (Å²) in [5, 5.41) is 4.73. The minimum atomic E-state index is 0.352. The Balaban J connectivity index is 1.66. The molecule has 1 aliphatic rings. The molecule has 1 fully saturated rings. The van der Waals surface area contributed by atoms with E-state index in [2.05, 4.69) is 40.3 Å². The van der Waals surface area contributed by atoms with Crippen LogP contribution in [0.3, 0.4) is 0 Å². The third-order valence-electron chi connectivity index (χ3n) is 4.68. The largest absolute Gasteiger partial charge is 0.461 e. The predicted octanol–water partition coefficient (Wildman–Crippen LogP) is 3.28. The van der Waals surface area contributed by atoms with Crippen LogP contribution in [0, 0.1) is 6.92 Å². The highest BCUT2D eigenvalue weighted by Gasteiger charge is 2.25. The van der Waals surface area contributed by atoms with Crippen molar-refractivity contribution in [3.63, 3.8) is 0 Å². The topological polar surface area (TPSA) is 41.3 Å². The summed E-state index contributed by atoms with van der Waals surface area (Å²) in [6, 6.07) is 12.8. The van der Waals surface area contributed by atoms with Crippen molar-refractivity contribution in [2.75, 3.05) is 19.6 Å². The zero-order chi connectivity index (χ0) is 15.6. The van der Waals surface area contributed by atoms with Crippen LogP contribution in [0.1, 0.15) is 22.9 Å². The lowest BCUT2D eigenvalue weighted by Crippen LogP contribution is -2.45. The number of piperazine rings is 1. The number of nitrogens with one attached hydrogen (secondary N) is 1. The molecule has 0 radical (unpaired) electrons. The Hall–Kier alpha value is -2.17. The van der Waals surface area contributed by atoms with Crippen LogP contribution in [0.25, 0.3) is 11.0 Å². The highest BCUT2D eigenvalue weighted by molar-refractivity contribution is 5.82. The summed E-state index contributed by atoms with van der Waals surface area (Å²) >= 11 is 0. The Kier molecular flexibility index (Phi) is 3.85. The van der Waals surface area contributed by atoms with Crippen LogP contribution < -0.4 is 5.32 Å². The van der Waals surface area contributed by atoms with Gasteiger partial charge in [0, 0.05) is 55.6 Å². The van der Waals surface area contributed by atoms with Gasteiger partial charge in [-0.05, 0) is 24.6 Å². The molecule has 118 valence electrons. The molecule has 1 N–H and O–H groups in total. The first-order chi connectivity index (χ1) is 11.3. The van der Waals surface area contributed by atoms with E-state index < -0.39 is 0 Å². The highest BCUT2D eigenvalue weighted by Crippen LogP contribution is 2.30. The van der Waals surface area contributed by atoms with E-state index in [9.17, 15) is 0 Å². The molecule has 23 heavy (non-hydrogen) atoms. The van der Waals surface area contributed by atoms with Gasteiger partial charge < -0.3 is 9.73 Å². The molecule has 0 amide bonds. The second-order valence-corrected chi connectivity index (χ2v) is 6.11. The van der Waals surface area contributed by atoms with E-state index in [1.54, 1.807) is 0 Å². The maximum absolute atomic E-state index is 5.93. The molecule has 4 nitrogen and oxygen atoms in total. The number of para-hydroxylation sites is 1. The first-order valence-corrected chi connectivity index (χ1v) is 8.14. The molecule has 1 aromatic carbocycles. The van der Waals surface area contributed by atoms with Crippen LogP contribution in [0.15, 0.2) is 53.2 Å². The van der Waals surface area contributed by atoms with Crippen LogP contribution in [0.4, 0.5) is 0 Å². The van der Waals surface area contributed by atoms with E-state index in [0.29, 0.717) is 6.04 Å². The maximum atomic E-state index is 5.93. The van der Waals surface area contributed by atoms with Gasteiger partial charge in [-0.25, -0.2) is 0 Å². The molecule has 1 unspecified atom stereocenters. The molecular weight excluding hydrogens is 286 g/mol. The van der Waals surface area contributed by atoms with Gasteiger partial charge >= 0.3 is 0 Å². The van der Waals surface area contributed by atoms with E-state index in [1.165, 1.54) is 16.5 Å². The quantitative estimate of drug-likeness (QED) is 0.806. The maximum Gasteiger partial charge on any atom is 0.134 e. The Labute approximate surface area is 136 Å². The van der Waals surface area contributed by atoms with Gasteiger partial charge in [-0.2, -0.15) is 0 Å². The molecule has 4 rings (SSSR count). The molecule has 1 aliphatic heterocycles. The van der Waals surface area contributed by atoms with Crippen LogP contribution in [-0.2, 0) is 6.54 Å². The molecular formula is C19H21N3O. The van der Waals surface area contributed by atoms with Gasteiger partial charge in [-0.3, -0.25) is 9.88 Å².